The molecule has 1 aliphatic heterocycles. The molecule has 1 aromatic heterocycles. The molecule has 0 saturated heterocycles. The van der Waals surface area contributed by atoms with Crippen LogP contribution in [0.3, 0.4) is 0 Å². The summed E-state index contributed by atoms with van der Waals surface area (Å²) in [5, 5.41) is 1.80. The molecule has 0 fully saturated rings. The van der Waals surface area contributed by atoms with Crippen LogP contribution >= 0.6 is 27.3 Å². The summed E-state index contributed by atoms with van der Waals surface area (Å²) in [6.07, 6.45) is 0.215. The molecule has 2 rings (SSSR count). The van der Waals surface area contributed by atoms with Crippen molar-refractivity contribution in [3.05, 3.63) is 32.8 Å². The van der Waals surface area contributed by atoms with Crippen LogP contribution in [-0.2, 0) is 24.6 Å². The number of thiophene rings is 1. The number of halogens is 1. The maximum atomic E-state index is 11.9. The lowest BCUT2D eigenvalue weighted by molar-refractivity contribution is -0.132. The third-order valence-electron chi connectivity index (χ3n) is 2.49. The van der Waals surface area contributed by atoms with E-state index < -0.39 is 11.8 Å². The van der Waals surface area contributed by atoms with Crippen molar-refractivity contribution in [1.29, 1.82) is 0 Å². The van der Waals surface area contributed by atoms with Crippen molar-refractivity contribution >= 4 is 39.2 Å². The highest BCUT2D eigenvalue weighted by Gasteiger charge is 2.44. The van der Waals surface area contributed by atoms with Crippen LogP contribution in [0.2, 0.25) is 0 Å². The van der Waals surface area contributed by atoms with Crippen molar-refractivity contribution in [2.45, 2.75) is 12.5 Å². The van der Waals surface area contributed by atoms with E-state index in [1.165, 1.54) is 18.4 Å². The number of hydrogen-bond donors (Lipinski definition) is 0. The Morgan fingerprint density at radius 2 is 2.28 bits per heavy atom. The molecule has 0 spiro atoms. The maximum Gasteiger partial charge on any atom is 0.516 e. The van der Waals surface area contributed by atoms with Gasteiger partial charge < -0.3 is 14.2 Å². The Bertz CT molecular complexity index is 535. The van der Waals surface area contributed by atoms with Crippen LogP contribution in [0.5, 0.6) is 0 Å². The second-order valence-corrected chi connectivity index (χ2v) is 5.95. The van der Waals surface area contributed by atoms with E-state index in [0.717, 1.165) is 9.86 Å². The molecule has 1 unspecified atom stereocenters. The molecular weight excluding hydrogens is 324 g/mol. The van der Waals surface area contributed by atoms with Crippen LogP contribution in [0, 0.1) is 0 Å². The quantitative estimate of drug-likeness (QED) is 0.779. The summed E-state index contributed by atoms with van der Waals surface area (Å²) < 4.78 is 15.3. The van der Waals surface area contributed by atoms with Crippen molar-refractivity contribution < 1.29 is 23.8 Å². The number of ether oxygens (including phenoxy) is 3. The fraction of sp³-hybridized carbons (Fsp3) is 0.273. The van der Waals surface area contributed by atoms with Gasteiger partial charge in [-0.3, -0.25) is 4.79 Å². The van der Waals surface area contributed by atoms with Gasteiger partial charge in [-0.05, 0) is 34.3 Å². The lowest BCUT2D eigenvalue weighted by atomic mass is 9.95. The number of ketones is 1. The summed E-state index contributed by atoms with van der Waals surface area (Å²) in [7, 11) is 1.18. The first kappa shape index (κ1) is 13.1. The molecule has 18 heavy (non-hydrogen) atoms. The average molecular weight is 333 g/mol. The zero-order chi connectivity index (χ0) is 13.3. The van der Waals surface area contributed by atoms with E-state index in [1.54, 1.807) is 18.4 Å². The summed E-state index contributed by atoms with van der Waals surface area (Å²) in [5.74, 6) is -0.441. The van der Waals surface area contributed by atoms with E-state index in [4.69, 9.17) is 9.47 Å². The van der Waals surface area contributed by atoms with E-state index in [2.05, 4.69) is 20.7 Å². The minimum absolute atomic E-state index is 0.156. The minimum atomic E-state index is -1.16. The molecule has 0 bridgehead atoms. The topological polar surface area (TPSA) is 61.8 Å². The molecule has 1 aromatic rings. The Morgan fingerprint density at radius 3 is 2.83 bits per heavy atom. The SMILES string of the molecule is COC(=O)OC1=CC(=O)C(C)(c2csc(Br)c2)O1. The number of rotatable bonds is 2. The zero-order valence-electron chi connectivity index (χ0n) is 9.56. The minimum Gasteiger partial charge on any atom is -0.445 e. The van der Waals surface area contributed by atoms with Gasteiger partial charge in [0.05, 0.1) is 17.0 Å². The van der Waals surface area contributed by atoms with Crippen LogP contribution < -0.4 is 0 Å². The van der Waals surface area contributed by atoms with Crippen molar-refractivity contribution in [3.8, 4) is 0 Å². The first-order valence-electron chi connectivity index (χ1n) is 4.91. The van der Waals surface area contributed by atoms with Gasteiger partial charge in [0.25, 0.3) is 5.95 Å². The lowest BCUT2D eigenvalue weighted by Gasteiger charge is -2.21. The fourth-order valence-electron chi connectivity index (χ4n) is 1.46. The normalized spacial score (nSPS) is 22.4. The third-order valence-corrected chi connectivity index (χ3v) is 4.00. The van der Waals surface area contributed by atoms with Gasteiger partial charge in [-0.25, -0.2) is 4.79 Å². The fourth-order valence-corrected chi connectivity index (χ4v) is 2.72. The van der Waals surface area contributed by atoms with Gasteiger partial charge in [-0.2, -0.15) is 0 Å². The standard InChI is InChI=1S/C11H9BrO5S/c1-11(6-3-8(12)18-5-6)7(13)4-9(17-11)16-10(14)15-2/h3-5H,1-2H3. The van der Waals surface area contributed by atoms with Crippen LogP contribution in [0.4, 0.5) is 4.79 Å². The molecule has 1 atom stereocenters. The summed E-state index contributed by atoms with van der Waals surface area (Å²) >= 11 is 4.76. The molecule has 2 heterocycles. The first-order chi connectivity index (χ1) is 8.45. The zero-order valence-corrected chi connectivity index (χ0v) is 12.0. The molecule has 0 aliphatic carbocycles. The third kappa shape index (κ3) is 2.28. The monoisotopic (exact) mass is 332 g/mol. The van der Waals surface area contributed by atoms with Gasteiger partial charge in [0.15, 0.2) is 5.60 Å². The molecule has 96 valence electrons. The number of methoxy groups -OCH3 is 1. The van der Waals surface area contributed by atoms with E-state index in [0.29, 0.717) is 5.56 Å². The second-order valence-electron chi connectivity index (χ2n) is 3.66. The molecule has 7 heteroatoms. The van der Waals surface area contributed by atoms with Crippen molar-refractivity contribution in [2.75, 3.05) is 7.11 Å². The Labute approximate surface area is 115 Å². The Balaban J connectivity index is 2.19. The molecule has 0 saturated carbocycles. The van der Waals surface area contributed by atoms with Crippen molar-refractivity contribution in [3.63, 3.8) is 0 Å². The average Bonchev–Trinajstić information content (AvgIpc) is 2.85. The van der Waals surface area contributed by atoms with E-state index in [-0.39, 0.29) is 11.7 Å². The Morgan fingerprint density at radius 1 is 1.56 bits per heavy atom. The van der Waals surface area contributed by atoms with E-state index >= 15 is 0 Å². The highest BCUT2D eigenvalue weighted by atomic mass is 79.9. The molecule has 1 aliphatic rings. The van der Waals surface area contributed by atoms with Crippen LogP contribution in [-0.4, -0.2) is 19.0 Å². The maximum absolute atomic E-state index is 11.9. The van der Waals surface area contributed by atoms with Gasteiger partial charge in [-0.15, -0.1) is 11.3 Å². The van der Waals surface area contributed by atoms with Crippen LogP contribution in [0.25, 0.3) is 0 Å². The van der Waals surface area contributed by atoms with Crippen molar-refractivity contribution in [1.82, 2.24) is 0 Å². The van der Waals surface area contributed by atoms with Gasteiger partial charge in [0, 0.05) is 5.56 Å². The van der Waals surface area contributed by atoms with E-state index in [9.17, 15) is 9.59 Å². The van der Waals surface area contributed by atoms with Crippen LogP contribution in [0.1, 0.15) is 12.5 Å². The Kier molecular flexibility index (Phi) is 3.45. The molecular formula is C11H9BrO5S. The predicted molar refractivity (Wildman–Crippen MR) is 67.0 cm³/mol. The second kappa shape index (κ2) is 4.74. The number of carbonyl (C=O) groups is 2. The largest absolute Gasteiger partial charge is 0.516 e. The molecule has 5 nitrogen and oxygen atoms in total. The van der Waals surface area contributed by atoms with E-state index in [1.807, 2.05) is 0 Å². The lowest BCUT2D eigenvalue weighted by Crippen LogP contribution is -2.29. The summed E-state index contributed by atoms with van der Waals surface area (Å²) in [6.45, 7) is 1.62. The van der Waals surface area contributed by atoms with Gasteiger partial charge in [0.2, 0.25) is 5.78 Å². The molecule has 0 radical (unpaired) electrons. The number of carbonyl (C=O) groups excluding carboxylic acids is 2. The van der Waals surface area contributed by atoms with Crippen LogP contribution in [0.15, 0.2) is 27.3 Å². The van der Waals surface area contributed by atoms with Gasteiger partial charge in [-0.1, -0.05) is 0 Å². The summed E-state index contributed by atoms with van der Waals surface area (Å²) in [5.41, 5.74) is -0.463. The Hall–Kier alpha value is -1.34. The van der Waals surface area contributed by atoms with Gasteiger partial charge >= 0.3 is 6.16 Å². The van der Waals surface area contributed by atoms with Crippen molar-refractivity contribution in [2.24, 2.45) is 0 Å². The highest BCUT2D eigenvalue weighted by Crippen LogP contribution is 2.38. The molecule has 0 N–H and O–H groups in total. The summed E-state index contributed by atoms with van der Waals surface area (Å²) in [4.78, 5) is 22.9. The molecule has 0 amide bonds. The number of hydrogen-bond acceptors (Lipinski definition) is 6. The van der Waals surface area contributed by atoms with Gasteiger partial charge in [0.1, 0.15) is 0 Å². The molecule has 0 aromatic carbocycles. The smallest absolute Gasteiger partial charge is 0.445 e. The summed E-state index contributed by atoms with van der Waals surface area (Å²) in [6, 6.07) is 1.79. The predicted octanol–water partition coefficient (Wildman–Crippen LogP) is 2.95. The first-order valence-corrected chi connectivity index (χ1v) is 6.58. The highest BCUT2D eigenvalue weighted by molar-refractivity contribution is 9.11.